The Labute approximate surface area is 101 Å². The van der Waals surface area contributed by atoms with Crippen molar-refractivity contribution in [2.75, 3.05) is 5.32 Å². The van der Waals surface area contributed by atoms with Gasteiger partial charge < -0.3 is 4.74 Å². The molecule has 0 unspecified atom stereocenters. The summed E-state index contributed by atoms with van der Waals surface area (Å²) in [6.07, 6.45) is 0.462. The number of aromatic nitrogens is 1. The second-order valence-corrected chi connectivity index (χ2v) is 4.49. The molecule has 0 aliphatic rings. The summed E-state index contributed by atoms with van der Waals surface area (Å²) in [4.78, 5) is 15.2. The van der Waals surface area contributed by atoms with Crippen LogP contribution in [0, 0.1) is 5.82 Å². The second kappa shape index (κ2) is 5.16. The Morgan fingerprint density at radius 2 is 2.24 bits per heavy atom. The number of carbonyl (C=O) groups excluding carboxylic acids is 1. The lowest BCUT2D eigenvalue weighted by Gasteiger charge is -2.19. The first-order chi connectivity index (χ1) is 7.81. The Balaban J connectivity index is 2.77. The van der Waals surface area contributed by atoms with Crippen LogP contribution in [0.1, 0.15) is 26.5 Å². The number of ether oxygens (including phenoxy) is 1. The van der Waals surface area contributed by atoms with Crippen LogP contribution in [0.25, 0.3) is 0 Å². The van der Waals surface area contributed by atoms with Gasteiger partial charge in [-0.25, -0.2) is 9.18 Å². The number of rotatable bonds is 2. The molecule has 2 radical (unpaired) electrons. The molecule has 17 heavy (non-hydrogen) atoms. The van der Waals surface area contributed by atoms with Gasteiger partial charge in [0.25, 0.3) is 0 Å². The number of amides is 1. The number of halogens is 1. The zero-order chi connectivity index (χ0) is 13.1. The van der Waals surface area contributed by atoms with Crippen LogP contribution in [0.2, 0.25) is 0 Å². The standard InChI is InChI=1S/C11H14BFN2O2/c1-11(2,3)17-10(16)15-9-4-7(5-12)14-6-8(9)13/h4,6H,5H2,1-3H3,(H,14,15,16). The van der Waals surface area contributed by atoms with E-state index in [1.54, 1.807) is 20.8 Å². The quantitative estimate of drug-likeness (QED) is 0.801. The highest BCUT2D eigenvalue weighted by Gasteiger charge is 2.17. The fourth-order valence-electron chi connectivity index (χ4n) is 1.10. The highest BCUT2D eigenvalue weighted by Crippen LogP contribution is 2.16. The Bertz CT molecular complexity index is 418. The first kappa shape index (κ1) is 13.5. The summed E-state index contributed by atoms with van der Waals surface area (Å²) in [5.41, 5.74) is -0.142. The summed E-state index contributed by atoms with van der Waals surface area (Å²) < 4.78 is 18.3. The molecule has 0 atom stereocenters. The number of nitrogens with zero attached hydrogens (tertiary/aromatic N) is 1. The van der Waals surface area contributed by atoms with Crippen molar-refractivity contribution in [2.45, 2.75) is 32.7 Å². The molecule has 0 saturated heterocycles. The van der Waals surface area contributed by atoms with Gasteiger partial charge in [0.15, 0.2) is 5.82 Å². The van der Waals surface area contributed by atoms with Gasteiger partial charge in [-0.3, -0.25) is 10.3 Å². The lowest BCUT2D eigenvalue weighted by Crippen LogP contribution is -2.27. The van der Waals surface area contributed by atoms with Gasteiger partial charge in [0, 0.05) is 5.69 Å². The van der Waals surface area contributed by atoms with Crippen molar-refractivity contribution in [3.05, 3.63) is 23.8 Å². The minimum Gasteiger partial charge on any atom is -0.444 e. The Morgan fingerprint density at radius 3 is 2.76 bits per heavy atom. The third kappa shape index (κ3) is 4.42. The molecule has 0 aromatic carbocycles. The Morgan fingerprint density at radius 1 is 1.59 bits per heavy atom. The summed E-state index contributed by atoms with van der Waals surface area (Å²) >= 11 is 0. The van der Waals surface area contributed by atoms with E-state index in [4.69, 9.17) is 12.6 Å². The smallest absolute Gasteiger partial charge is 0.412 e. The number of carbonyl (C=O) groups is 1. The molecule has 1 aromatic rings. The minimum atomic E-state index is -0.717. The zero-order valence-electron chi connectivity index (χ0n) is 10.1. The molecule has 0 aliphatic heterocycles. The predicted molar refractivity (Wildman–Crippen MR) is 63.5 cm³/mol. The molecular formula is C11H14BFN2O2. The maximum atomic E-state index is 13.3. The predicted octanol–water partition coefficient (Wildman–Crippen LogP) is 2.24. The van der Waals surface area contributed by atoms with Crippen molar-refractivity contribution >= 4 is 19.6 Å². The third-order valence-corrected chi connectivity index (χ3v) is 1.76. The van der Waals surface area contributed by atoms with E-state index < -0.39 is 17.5 Å². The fourth-order valence-corrected chi connectivity index (χ4v) is 1.10. The molecule has 0 saturated carbocycles. The number of hydrogen-bond acceptors (Lipinski definition) is 3. The van der Waals surface area contributed by atoms with Crippen molar-refractivity contribution in [3.63, 3.8) is 0 Å². The molecular weight excluding hydrogens is 222 g/mol. The molecule has 0 bridgehead atoms. The molecule has 6 heteroatoms. The zero-order valence-corrected chi connectivity index (χ0v) is 10.1. The van der Waals surface area contributed by atoms with Crippen LogP contribution in [0.3, 0.4) is 0 Å². The summed E-state index contributed by atoms with van der Waals surface area (Å²) in [5, 5.41) is 2.31. The SMILES string of the molecule is [B]Cc1cc(NC(=O)OC(C)(C)C)c(F)cn1. The van der Waals surface area contributed by atoms with Gasteiger partial charge in [-0.15, -0.1) is 0 Å². The monoisotopic (exact) mass is 236 g/mol. The number of anilines is 1. The van der Waals surface area contributed by atoms with Gasteiger partial charge in [0.1, 0.15) is 5.60 Å². The highest BCUT2D eigenvalue weighted by atomic mass is 19.1. The second-order valence-electron chi connectivity index (χ2n) is 4.49. The number of nitrogens with one attached hydrogen (secondary N) is 1. The van der Waals surface area contributed by atoms with Crippen LogP contribution in [-0.2, 0) is 11.1 Å². The van der Waals surface area contributed by atoms with Crippen LogP contribution in [0.5, 0.6) is 0 Å². The maximum Gasteiger partial charge on any atom is 0.412 e. The largest absolute Gasteiger partial charge is 0.444 e. The Hall–Kier alpha value is -1.59. The van der Waals surface area contributed by atoms with E-state index in [-0.39, 0.29) is 12.0 Å². The maximum absolute atomic E-state index is 13.3. The molecule has 0 spiro atoms. The molecule has 90 valence electrons. The molecule has 1 amide bonds. The van der Waals surface area contributed by atoms with Crippen LogP contribution >= 0.6 is 0 Å². The van der Waals surface area contributed by atoms with Gasteiger partial charge >= 0.3 is 6.09 Å². The third-order valence-electron chi connectivity index (χ3n) is 1.76. The van der Waals surface area contributed by atoms with Gasteiger partial charge in [0.2, 0.25) is 0 Å². The molecule has 0 aliphatic carbocycles. The minimum absolute atomic E-state index is 0.00898. The van der Waals surface area contributed by atoms with Crippen molar-refractivity contribution in [1.82, 2.24) is 4.98 Å². The summed E-state index contributed by atoms with van der Waals surface area (Å²) in [6.45, 7) is 5.17. The van der Waals surface area contributed by atoms with E-state index >= 15 is 0 Å². The van der Waals surface area contributed by atoms with E-state index in [1.165, 1.54) is 6.07 Å². The lowest BCUT2D eigenvalue weighted by atomic mass is 10.0. The van der Waals surface area contributed by atoms with Crippen molar-refractivity contribution in [3.8, 4) is 0 Å². The van der Waals surface area contributed by atoms with Crippen LogP contribution in [0.15, 0.2) is 12.3 Å². The highest BCUT2D eigenvalue weighted by molar-refractivity contribution is 6.08. The molecule has 4 nitrogen and oxygen atoms in total. The normalized spacial score (nSPS) is 11.1. The average Bonchev–Trinajstić information content (AvgIpc) is 2.18. The van der Waals surface area contributed by atoms with Gasteiger partial charge in [-0.2, -0.15) is 0 Å². The topological polar surface area (TPSA) is 51.2 Å². The van der Waals surface area contributed by atoms with E-state index in [9.17, 15) is 9.18 Å². The average molecular weight is 236 g/mol. The van der Waals surface area contributed by atoms with Crippen LogP contribution < -0.4 is 5.32 Å². The molecule has 1 aromatic heterocycles. The van der Waals surface area contributed by atoms with Crippen molar-refractivity contribution in [2.24, 2.45) is 0 Å². The van der Waals surface area contributed by atoms with Gasteiger partial charge in [-0.1, -0.05) is 0 Å². The van der Waals surface area contributed by atoms with E-state index in [1.807, 2.05) is 0 Å². The lowest BCUT2D eigenvalue weighted by molar-refractivity contribution is 0.0635. The van der Waals surface area contributed by atoms with Crippen molar-refractivity contribution in [1.29, 1.82) is 0 Å². The van der Waals surface area contributed by atoms with Crippen LogP contribution in [0.4, 0.5) is 14.9 Å². The summed E-state index contributed by atoms with van der Waals surface area (Å²) in [7, 11) is 5.37. The van der Waals surface area contributed by atoms with Gasteiger partial charge in [-0.05, 0) is 33.2 Å². The molecule has 0 fully saturated rings. The number of pyridine rings is 1. The Kier molecular flexibility index (Phi) is 4.09. The number of hydrogen-bond donors (Lipinski definition) is 1. The molecule has 1 N–H and O–H groups in total. The van der Waals surface area contributed by atoms with E-state index in [0.717, 1.165) is 6.20 Å². The first-order valence-electron chi connectivity index (χ1n) is 5.16. The summed E-state index contributed by atoms with van der Waals surface area (Å²) in [5.74, 6) is -0.631. The summed E-state index contributed by atoms with van der Waals surface area (Å²) in [6, 6.07) is 1.37. The molecule has 1 heterocycles. The van der Waals surface area contributed by atoms with E-state index in [2.05, 4.69) is 10.3 Å². The van der Waals surface area contributed by atoms with E-state index in [0.29, 0.717) is 5.69 Å². The van der Waals surface area contributed by atoms with Gasteiger partial charge in [0.05, 0.1) is 19.7 Å². The van der Waals surface area contributed by atoms with Crippen molar-refractivity contribution < 1.29 is 13.9 Å². The molecule has 1 rings (SSSR count). The fraction of sp³-hybridized carbons (Fsp3) is 0.455. The first-order valence-corrected chi connectivity index (χ1v) is 5.16. The van der Waals surface area contributed by atoms with Crippen LogP contribution in [-0.4, -0.2) is 24.5 Å².